The van der Waals surface area contributed by atoms with Gasteiger partial charge in [0.25, 0.3) is 0 Å². The van der Waals surface area contributed by atoms with Gasteiger partial charge in [0.2, 0.25) is 0 Å². The lowest BCUT2D eigenvalue weighted by atomic mass is 10.1. The van der Waals surface area contributed by atoms with Gasteiger partial charge in [-0.1, -0.05) is 24.3 Å². The van der Waals surface area contributed by atoms with Crippen molar-refractivity contribution in [3.8, 4) is 5.75 Å². The molecule has 0 saturated carbocycles. The number of piperidine rings is 1. The normalized spacial score (nSPS) is 15.2. The molecule has 3 heterocycles. The smallest absolute Gasteiger partial charge is 0.193 e. The predicted molar refractivity (Wildman–Crippen MR) is 125 cm³/mol. The molecular formula is C21H27IN6O. The van der Waals surface area contributed by atoms with Crippen molar-refractivity contribution in [2.24, 2.45) is 4.99 Å². The van der Waals surface area contributed by atoms with Crippen LogP contribution < -0.4 is 10.1 Å². The summed E-state index contributed by atoms with van der Waals surface area (Å²) in [5, 5.41) is 11.9. The summed E-state index contributed by atoms with van der Waals surface area (Å²) in [4.78, 5) is 6.75. The number of ether oxygens (including phenoxy) is 1. The van der Waals surface area contributed by atoms with E-state index in [1.54, 1.807) is 0 Å². The van der Waals surface area contributed by atoms with E-state index in [4.69, 9.17) is 4.74 Å². The monoisotopic (exact) mass is 506 g/mol. The molecule has 0 spiro atoms. The Morgan fingerprint density at radius 2 is 1.86 bits per heavy atom. The molecule has 0 aliphatic carbocycles. The van der Waals surface area contributed by atoms with Crippen LogP contribution in [0.1, 0.15) is 18.7 Å². The van der Waals surface area contributed by atoms with Gasteiger partial charge < -0.3 is 15.0 Å². The number of halogens is 1. The summed E-state index contributed by atoms with van der Waals surface area (Å²) in [6.45, 7) is 2.64. The second-order valence-electron chi connectivity index (χ2n) is 6.89. The average Bonchev–Trinajstić information content (AvgIpc) is 3.16. The van der Waals surface area contributed by atoms with Gasteiger partial charge >= 0.3 is 0 Å². The molecule has 29 heavy (non-hydrogen) atoms. The molecule has 1 N–H and O–H groups in total. The van der Waals surface area contributed by atoms with Crippen LogP contribution >= 0.6 is 24.0 Å². The van der Waals surface area contributed by atoms with E-state index < -0.39 is 0 Å². The largest absolute Gasteiger partial charge is 0.490 e. The third kappa shape index (κ3) is 5.37. The molecule has 0 unspecified atom stereocenters. The van der Waals surface area contributed by atoms with Crippen LogP contribution in [0.25, 0.3) is 5.65 Å². The first-order valence-electron chi connectivity index (χ1n) is 9.79. The van der Waals surface area contributed by atoms with Crippen molar-refractivity contribution in [2.75, 3.05) is 26.7 Å². The highest BCUT2D eigenvalue weighted by Crippen LogP contribution is 2.18. The highest BCUT2D eigenvalue weighted by molar-refractivity contribution is 14.0. The van der Waals surface area contributed by atoms with Crippen LogP contribution in [0.5, 0.6) is 5.75 Å². The Morgan fingerprint density at radius 1 is 1.10 bits per heavy atom. The maximum atomic E-state index is 6.08. The number of aromatic nitrogens is 3. The Kier molecular flexibility index (Phi) is 7.68. The quantitative estimate of drug-likeness (QED) is 0.328. The zero-order chi connectivity index (χ0) is 19.2. The maximum Gasteiger partial charge on any atom is 0.193 e. The number of rotatable bonds is 5. The van der Waals surface area contributed by atoms with Crippen molar-refractivity contribution in [2.45, 2.75) is 25.4 Å². The van der Waals surface area contributed by atoms with Gasteiger partial charge in [0.1, 0.15) is 17.7 Å². The second-order valence-corrected chi connectivity index (χ2v) is 6.89. The summed E-state index contributed by atoms with van der Waals surface area (Å²) in [6, 6.07) is 16.0. The standard InChI is InChI=1S/C21H26N6O.HI/c1-22-21(23-13-10-20-25-24-19-9-5-6-14-27(19)20)26-15-11-18(12-16-26)28-17-7-3-2-4-8-17;/h2-9,14,18H,10-13,15-16H2,1H3,(H,22,23);1H. The van der Waals surface area contributed by atoms with E-state index in [1.165, 1.54) is 0 Å². The lowest BCUT2D eigenvalue weighted by Gasteiger charge is -2.34. The van der Waals surface area contributed by atoms with Gasteiger partial charge in [-0.05, 0) is 24.3 Å². The number of pyridine rings is 1. The van der Waals surface area contributed by atoms with Crippen LogP contribution in [0.3, 0.4) is 0 Å². The van der Waals surface area contributed by atoms with Crippen LogP contribution in [0.15, 0.2) is 59.7 Å². The Labute approximate surface area is 188 Å². The van der Waals surface area contributed by atoms with Gasteiger partial charge in [0.05, 0.1) is 0 Å². The molecule has 154 valence electrons. The average molecular weight is 506 g/mol. The zero-order valence-electron chi connectivity index (χ0n) is 16.6. The molecule has 1 aliphatic heterocycles. The van der Waals surface area contributed by atoms with Gasteiger partial charge in [0.15, 0.2) is 11.6 Å². The lowest BCUT2D eigenvalue weighted by molar-refractivity contribution is 0.129. The summed E-state index contributed by atoms with van der Waals surface area (Å²) in [5.74, 6) is 2.84. The Balaban J connectivity index is 0.00000240. The Hall–Kier alpha value is -2.36. The second kappa shape index (κ2) is 10.4. The number of hydrogen-bond donors (Lipinski definition) is 1. The zero-order valence-corrected chi connectivity index (χ0v) is 18.9. The number of hydrogen-bond acceptors (Lipinski definition) is 4. The molecule has 1 saturated heterocycles. The van der Waals surface area contributed by atoms with Crippen molar-refractivity contribution in [1.29, 1.82) is 0 Å². The molecule has 1 fully saturated rings. The third-order valence-electron chi connectivity index (χ3n) is 5.02. The molecule has 1 aromatic carbocycles. The van der Waals surface area contributed by atoms with Gasteiger partial charge in [0, 0.05) is 52.1 Å². The summed E-state index contributed by atoms with van der Waals surface area (Å²) in [6.07, 6.45) is 5.03. The molecule has 0 bridgehead atoms. The van der Waals surface area contributed by atoms with E-state index in [9.17, 15) is 0 Å². The minimum atomic E-state index is 0. The van der Waals surface area contributed by atoms with E-state index in [2.05, 4.69) is 25.4 Å². The fraction of sp³-hybridized carbons (Fsp3) is 0.381. The first-order valence-corrected chi connectivity index (χ1v) is 9.79. The number of guanidine groups is 1. The molecule has 1 aliphatic rings. The molecule has 3 aromatic rings. The van der Waals surface area contributed by atoms with E-state index in [0.717, 1.165) is 62.1 Å². The molecule has 8 heteroatoms. The number of likely N-dealkylation sites (tertiary alicyclic amines) is 1. The van der Waals surface area contributed by atoms with Crippen LogP contribution in [-0.2, 0) is 6.42 Å². The van der Waals surface area contributed by atoms with Crippen molar-refractivity contribution in [3.05, 3.63) is 60.6 Å². The van der Waals surface area contributed by atoms with Gasteiger partial charge in [-0.2, -0.15) is 0 Å². The highest BCUT2D eigenvalue weighted by Gasteiger charge is 2.22. The minimum absolute atomic E-state index is 0. The topological polar surface area (TPSA) is 67.0 Å². The fourth-order valence-electron chi connectivity index (χ4n) is 3.56. The first-order chi connectivity index (χ1) is 13.8. The van der Waals surface area contributed by atoms with E-state index in [1.807, 2.05) is 66.2 Å². The fourth-order valence-corrected chi connectivity index (χ4v) is 3.56. The van der Waals surface area contributed by atoms with Crippen LogP contribution in [0.4, 0.5) is 0 Å². The van der Waals surface area contributed by atoms with Crippen LogP contribution in [-0.4, -0.2) is 58.2 Å². The molecule has 0 amide bonds. The van der Waals surface area contributed by atoms with E-state index in [0.29, 0.717) is 0 Å². The summed E-state index contributed by atoms with van der Waals surface area (Å²) in [7, 11) is 1.83. The first kappa shape index (κ1) is 21.4. The number of nitrogens with one attached hydrogen (secondary N) is 1. The highest BCUT2D eigenvalue weighted by atomic mass is 127. The molecule has 2 aromatic heterocycles. The number of aliphatic imine (C=N–C) groups is 1. The van der Waals surface area contributed by atoms with E-state index in [-0.39, 0.29) is 30.1 Å². The number of benzene rings is 1. The molecule has 0 radical (unpaired) electrons. The van der Waals surface area contributed by atoms with Gasteiger partial charge in [-0.3, -0.25) is 9.39 Å². The van der Waals surface area contributed by atoms with Crippen molar-refractivity contribution in [1.82, 2.24) is 24.8 Å². The maximum absolute atomic E-state index is 6.08. The van der Waals surface area contributed by atoms with Crippen molar-refractivity contribution in [3.63, 3.8) is 0 Å². The van der Waals surface area contributed by atoms with Crippen molar-refractivity contribution >= 4 is 35.6 Å². The van der Waals surface area contributed by atoms with Gasteiger partial charge in [-0.15, -0.1) is 34.2 Å². The Bertz CT molecular complexity index is 921. The molecule has 0 atom stereocenters. The minimum Gasteiger partial charge on any atom is -0.490 e. The number of fused-ring (bicyclic) bond motifs is 1. The molecule has 4 rings (SSSR count). The molecular weight excluding hydrogens is 479 g/mol. The predicted octanol–water partition coefficient (Wildman–Crippen LogP) is 3.01. The van der Waals surface area contributed by atoms with Crippen molar-refractivity contribution < 1.29 is 4.74 Å². The summed E-state index contributed by atoms with van der Waals surface area (Å²) < 4.78 is 8.11. The van der Waals surface area contributed by atoms with Gasteiger partial charge in [-0.25, -0.2) is 0 Å². The van der Waals surface area contributed by atoms with Crippen LogP contribution in [0.2, 0.25) is 0 Å². The van der Waals surface area contributed by atoms with Crippen LogP contribution in [0, 0.1) is 0 Å². The number of para-hydroxylation sites is 1. The summed E-state index contributed by atoms with van der Waals surface area (Å²) >= 11 is 0. The number of nitrogens with zero attached hydrogens (tertiary/aromatic N) is 5. The van der Waals surface area contributed by atoms with E-state index >= 15 is 0 Å². The summed E-state index contributed by atoms with van der Waals surface area (Å²) in [5.41, 5.74) is 0.877. The lowest BCUT2D eigenvalue weighted by Crippen LogP contribution is -2.47. The molecule has 7 nitrogen and oxygen atoms in total. The SMILES string of the molecule is CN=C(NCCc1nnc2ccccn12)N1CCC(Oc2ccccc2)CC1.I. The Morgan fingerprint density at radius 3 is 2.62 bits per heavy atom. The third-order valence-corrected chi connectivity index (χ3v) is 5.02.